The number of hydrogen-bond donors (Lipinski definition) is 0. The number of ether oxygens (including phenoxy) is 1. The van der Waals surface area contributed by atoms with E-state index in [4.69, 9.17) is 10.00 Å². The van der Waals surface area contributed by atoms with Gasteiger partial charge in [-0.15, -0.1) is 0 Å². The van der Waals surface area contributed by atoms with Gasteiger partial charge in [-0.25, -0.2) is 4.79 Å². The van der Waals surface area contributed by atoms with Gasteiger partial charge in [0.15, 0.2) is 0 Å². The van der Waals surface area contributed by atoms with E-state index in [-0.39, 0.29) is 6.09 Å². The summed E-state index contributed by atoms with van der Waals surface area (Å²) in [5.41, 5.74) is 1.10. The lowest BCUT2D eigenvalue weighted by molar-refractivity contribution is -0.116. The molecular formula is C21H28N2O3. The highest BCUT2D eigenvalue weighted by atomic mass is 16.6. The predicted octanol–water partition coefficient (Wildman–Crippen LogP) is 3.90. The molecule has 1 aromatic carbocycles. The first-order valence-electron chi connectivity index (χ1n) is 9.16. The van der Waals surface area contributed by atoms with E-state index in [0.717, 1.165) is 30.3 Å². The number of carbonyl (C=O) groups is 2. The molecule has 2 rings (SSSR count). The van der Waals surface area contributed by atoms with Gasteiger partial charge >= 0.3 is 6.09 Å². The van der Waals surface area contributed by atoms with Crippen LogP contribution in [0.1, 0.15) is 51.2 Å². The molecule has 26 heavy (non-hydrogen) atoms. The van der Waals surface area contributed by atoms with Crippen LogP contribution in [-0.2, 0) is 22.4 Å². The maximum Gasteiger partial charge on any atom is 0.410 e. The Kier molecular flexibility index (Phi) is 6.42. The van der Waals surface area contributed by atoms with Crippen LogP contribution in [0.25, 0.3) is 0 Å². The molecule has 0 aromatic heterocycles. The molecule has 5 nitrogen and oxygen atoms in total. The molecule has 1 heterocycles. The molecule has 0 N–H and O–H groups in total. The fourth-order valence-corrected chi connectivity index (χ4v) is 3.33. The molecule has 0 bridgehead atoms. The summed E-state index contributed by atoms with van der Waals surface area (Å²) in [5.74, 6) is 0. The van der Waals surface area contributed by atoms with Crippen molar-refractivity contribution in [3.63, 3.8) is 0 Å². The number of carbonyl (C=O) groups excluding carboxylic acids is 2. The number of benzene rings is 1. The second kappa shape index (κ2) is 8.35. The molecule has 1 fully saturated rings. The van der Waals surface area contributed by atoms with Gasteiger partial charge in [0.2, 0.25) is 0 Å². The van der Waals surface area contributed by atoms with E-state index in [1.807, 2.05) is 45.0 Å². The first-order valence-corrected chi connectivity index (χ1v) is 9.16. The minimum atomic E-state index is -0.518. The van der Waals surface area contributed by atoms with Crippen molar-refractivity contribution in [1.29, 1.82) is 5.26 Å². The van der Waals surface area contributed by atoms with Gasteiger partial charge in [-0.2, -0.15) is 5.26 Å². The van der Waals surface area contributed by atoms with Crippen LogP contribution >= 0.6 is 0 Å². The number of aldehydes is 1. The summed E-state index contributed by atoms with van der Waals surface area (Å²) in [6.45, 7) is 6.71. The Hall–Kier alpha value is -2.35. The molecule has 0 aliphatic carbocycles. The van der Waals surface area contributed by atoms with Crippen LogP contribution in [0, 0.1) is 16.7 Å². The molecule has 0 radical (unpaired) electrons. The smallest absolute Gasteiger partial charge is 0.410 e. The van der Waals surface area contributed by atoms with E-state index in [2.05, 4.69) is 6.07 Å². The van der Waals surface area contributed by atoms with Crippen molar-refractivity contribution in [2.75, 3.05) is 13.1 Å². The number of rotatable bonds is 4. The van der Waals surface area contributed by atoms with E-state index >= 15 is 0 Å². The van der Waals surface area contributed by atoms with Crippen LogP contribution in [0.2, 0.25) is 0 Å². The Balaban J connectivity index is 2.04. The van der Waals surface area contributed by atoms with Crippen molar-refractivity contribution < 1.29 is 14.3 Å². The zero-order chi connectivity index (χ0) is 19.2. The van der Waals surface area contributed by atoms with Crippen LogP contribution < -0.4 is 0 Å². The molecule has 140 valence electrons. The number of hydrogen-bond acceptors (Lipinski definition) is 4. The molecule has 0 spiro atoms. The summed E-state index contributed by atoms with van der Waals surface area (Å²) in [4.78, 5) is 26.0. The first kappa shape index (κ1) is 20.0. The molecule has 1 aliphatic heterocycles. The quantitative estimate of drug-likeness (QED) is 0.767. The van der Waals surface area contributed by atoms with Crippen molar-refractivity contribution in [2.45, 2.75) is 58.5 Å². The lowest BCUT2D eigenvalue weighted by Crippen LogP contribution is -2.38. The Labute approximate surface area is 155 Å². The Bertz CT molecular complexity index is 670. The fraction of sp³-hybridized carbons (Fsp3) is 0.571. The van der Waals surface area contributed by atoms with Gasteiger partial charge in [0.05, 0.1) is 12.5 Å². The summed E-state index contributed by atoms with van der Waals surface area (Å²) in [7, 11) is 0. The van der Waals surface area contributed by atoms with E-state index in [9.17, 15) is 9.59 Å². The molecule has 1 saturated heterocycles. The molecule has 5 heteroatoms. The van der Waals surface area contributed by atoms with E-state index in [1.54, 1.807) is 4.90 Å². The normalized spacial score (nSPS) is 20.8. The largest absolute Gasteiger partial charge is 0.444 e. The van der Waals surface area contributed by atoms with Crippen LogP contribution in [0.5, 0.6) is 0 Å². The Morgan fingerprint density at radius 3 is 2.46 bits per heavy atom. The van der Waals surface area contributed by atoms with E-state index < -0.39 is 11.0 Å². The van der Waals surface area contributed by atoms with Gasteiger partial charge in [-0.3, -0.25) is 0 Å². The zero-order valence-electron chi connectivity index (χ0n) is 16.0. The van der Waals surface area contributed by atoms with Crippen LogP contribution in [0.3, 0.4) is 0 Å². The topological polar surface area (TPSA) is 70.4 Å². The molecule has 1 aromatic rings. The average molecular weight is 356 g/mol. The summed E-state index contributed by atoms with van der Waals surface area (Å²) in [6, 6.07) is 10.0. The van der Waals surface area contributed by atoms with Gasteiger partial charge in [0.1, 0.15) is 11.9 Å². The van der Waals surface area contributed by atoms with Crippen molar-refractivity contribution in [3.8, 4) is 6.07 Å². The highest BCUT2D eigenvalue weighted by Crippen LogP contribution is 2.33. The predicted molar refractivity (Wildman–Crippen MR) is 99.6 cm³/mol. The lowest BCUT2D eigenvalue weighted by atomic mass is 9.77. The molecular weight excluding hydrogens is 328 g/mol. The highest BCUT2D eigenvalue weighted by molar-refractivity contribution is 5.68. The summed E-state index contributed by atoms with van der Waals surface area (Å²) in [5, 5.41) is 8.76. The molecule has 1 atom stereocenters. The highest BCUT2D eigenvalue weighted by Gasteiger charge is 2.34. The van der Waals surface area contributed by atoms with Crippen LogP contribution in [-0.4, -0.2) is 36.0 Å². The molecule has 1 aliphatic rings. The number of likely N-dealkylation sites (tertiary alicyclic amines) is 1. The van der Waals surface area contributed by atoms with Gasteiger partial charge < -0.3 is 14.4 Å². The van der Waals surface area contributed by atoms with Gasteiger partial charge in [0, 0.05) is 18.5 Å². The van der Waals surface area contributed by atoms with Crippen LogP contribution in [0.4, 0.5) is 4.79 Å². The third-order valence-electron chi connectivity index (χ3n) is 4.75. The van der Waals surface area contributed by atoms with Crippen molar-refractivity contribution in [1.82, 2.24) is 4.90 Å². The van der Waals surface area contributed by atoms with Gasteiger partial charge in [0.25, 0.3) is 0 Å². The third-order valence-corrected chi connectivity index (χ3v) is 4.75. The van der Waals surface area contributed by atoms with E-state index in [0.29, 0.717) is 32.4 Å². The second-order valence-corrected chi connectivity index (χ2v) is 8.13. The fourth-order valence-electron chi connectivity index (χ4n) is 3.33. The summed E-state index contributed by atoms with van der Waals surface area (Å²) >= 11 is 0. The maximum atomic E-state index is 12.3. The minimum Gasteiger partial charge on any atom is -0.444 e. The number of nitrogens with zero attached hydrogens (tertiary/aromatic N) is 2. The molecule has 1 amide bonds. The maximum absolute atomic E-state index is 12.3. The SMILES string of the molecule is CC(C)(C)OC(=O)N1CCCC(C=O)(Cc2ccc(CC#N)cc2)CC1. The lowest BCUT2D eigenvalue weighted by Gasteiger charge is -2.28. The van der Waals surface area contributed by atoms with Crippen molar-refractivity contribution >= 4 is 12.4 Å². The monoisotopic (exact) mass is 356 g/mol. The van der Waals surface area contributed by atoms with Crippen molar-refractivity contribution in [3.05, 3.63) is 35.4 Å². The molecule has 1 unspecified atom stereocenters. The second-order valence-electron chi connectivity index (χ2n) is 8.13. The summed E-state index contributed by atoms with van der Waals surface area (Å²) in [6.07, 6.45) is 3.99. The van der Waals surface area contributed by atoms with Gasteiger partial charge in [-0.1, -0.05) is 24.3 Å². The Morgan fingerprint density at radius 1 is 1.23 bits per heavy atom. The van der Waals surface area contributed by atoms with Gasteiger partial charge in [-0.05, 0) is 57.6 Å². The third kappa shape index (κ3) is 5.59. The minimum absolute atomic E-state index is 0.306. The number of nitriles is 1. The van der Waals surface area contributed by atoms with Crippen LogP contribution in [0.15, 0.2) is 24.3 Å². The average Bonchev–Trinajstić information content (AvgIpc) is 2.79. The number of amides is 1. The van der Waals surface area contributed by atoms with Crippen molar-refractivity contribution in [2.24, 2.45) is 5.41 Å². The standard InChI is InChI=1S/C21H28N2O3/c1-20(2,3)26-19(25)23-13-4-10-21(16-24,11-14-23)15-18-7-5-17(6-8-18)9-12-22/h5-8,16H,4,9-11,13-15H2,1-3H3. The van der Waals surface area contributed by atoms with E-state index in [1.165, 1.54) is 0 Å². The first-order chi connectivity index (χ1) is 12.3. The summed E-state index contributed by atoms with van der Waals surface area (Å²) < 4.78 is 5.46. The zero-order valence-corrected chi connectivity index (χ0v) is 16.0. The Morgan fingerprint density at radius 2 is 1.88 bits per heavy atom. The molecule has 0 saturated carbocycles.